The van der Waals surface area contributed by atoms with Gasteiger partial charge in [0.25, 0.3) is 0 Å². The molecule has 146 valence electrons. The van der Waals surface area contributed by atoms with Gasteiger partial charge in [0.1, 0.15) is 6.10 Å². The number of piperidine rings is 1. The number of carbonyl (C=O) groups excluding carboxylic acids is 2. The van der Waals surface area contributed by atoms with E-state index >= 15 is 0 Å². The van der Waals surface area contributed by atoms with Gasteiger partial charge in [0.05, 0.1) is 12.5 Å². The van der Waals surface area contributed by atoms with Gasteiger partial charge in [-0.25, -0.2) is 0 Å². The van der Waals surface area contributed by atoms with Crippen molar-refractivity contribution in [3.63, 3.8) is 0 Å². The summed E-state index contributed by atoms with van der Waals surface area (Å²) in [6.07, 6.45) is 3.43. The van der Waals surface area contributed by atoms with E-state index in [1.54, 1.807) is 47.5 Å². The van der Waals surface area contributed by atoms with Crippen molar-refractivity contribution in [3.05, 3.63) is 47.6 Å². The zero-order valence-corrected chi connectivity index (χ0v) is 16.1. The highest BCUT2D eigenvalue weighted by Gasteiger charge is 2.38. The quantitative estimate of drug-likeness (QED) is 0.788. The fourth-order valence-electron chi connectivity index (χ4n) is 3.76. The molecule has 2 atom stereocenters. The summed E-state index contributed by atoms with van der Waals surface area (Å²) in [5.41, 5.74) is 0.771. The lowest BCUT2D eigenvalue weighted by Crippen LogP contribution is -2.47. The number of halogens is 1. The van der Waals surface area contributed by atoms with Gasteiger partial charge >= 0.3 is 0 Å². The van der Waals surface area contributed by atoms with Crippen LogP contribution in [0, 0.1) is 5.92 Å². The van der Waals surface area contributed by atoms with E-state index in [2.05, 4.69) is 10.2 Å². The van der Waals surface area contributed by atoms with Gasteiger partial charge in [-0.3, -0.25) is 9.59 Å². The zero-order chi connectivity index (χ0) is 19.5. The van der Waals surface area contributed by atoms with Crippen molar-refractivity contribution in [1.29, 1.82) is 0 Å². The van der Waals surface area contributed by atoms with E-state index in [9.17, 15) is 9.59 Å². The Morgan fingerprint density at radius 1 is 1.18 bits per heavy atom. The molecule has 2 amide bonds. The van der Waals surface area contributed by atoms with Crippen LogP contribution in [0.3, 0.4) is 0 Å². The predicted molar refractivity (Wildman–Crippen MR) is 104 cm³/mol. The van der Waals surface area contributed by atoms with Crippen LogP contribution in [0.25, 0.3) is 0 Å². The third-order valence-electron chi connectivity index (χ3n) is 5.14. The number of ether oxygens (including phenoxy) is 1. The molecule has 2 saturated heterocycles. The van der Waals surface area contributed by atoms with Crippen molar-refractivity contribution >= 4 is 29.1 Å². The van der Waals surface area contributed by atoms with Crippen LogP contribution in [-0.2, 0) is 9.59 Å². The second kappa shape index (κ2) is 8.14. The molecule has 0 N–H and O–H groups in total. The first-order valence-electron chi connectivity index (χ1n) is 9.39. The van der Waals surface area contributed by atoms with Gasteiger partial charge < -0.3 is 14.5 Å². The number of nitrogens with zero attached hydrogens (tertiary/aromatic N) is 4. The van der Waals surface area contributed by atoms with Crippen LogP contribution in [-0.4, -0.2) is 52.6 Å². The van der Waals surface area contributed by atoms with Crippen LogP contribution in [0.2, 0.25) is 5.02 Å². The molecule has 0 bridgehead atoms. The first kappa shape index (κ1) is 18.7. The molecular weight excluding hydrogens is 380 g/mol. The Labute approximate surface area is 168 Å². The molecule has 3 heterocycles. The molecule has 2 aromatic rings. The molecule has 7 nitrogen and oxygen atoms in total. The highest BCUT2D eigenvalue weighted by Crippen LogP contribution is 2.28. The molecule has 1 aromatic heterocycles. The van der Waals surface area contributed by atoms with Gasteiger partial charge in [0.15, 0.2) is 0 Å². The van der Waals surface area contributed by atoms with Crippen molar-refractivity contribution in [2.24, 2.45) is 5.92 Å². The third-order valence-corrected chi connectivity index (χ3v) is 5.39. The van der Waals surface area contributed by atoms with Crippen molar-refractivity contribution in [2.75, 3.05) is 24.5 Å². The van der Waals surface area contributed by atoms with Crippen LogP contribution < -0.4 is 9.64 Å². The number of hydrogen-bond donors (Lipinski definition) is 0. The molecule has 2 unspecified atom stereocenters. The summed E-state index contributed by atoms with van der Waals surface area (Å²) in [7, 11) is 0. The van der Waals surface area contributed by atoms with Crippen molar-refractivity contribution in [1.82, 2.24) is 15.1 Å². The molecule has 0 aliphatic carbocycles. The second-order valence-electron chi connectivity index (χ2n) is 7.11. The van der Waals surface area contributed by atoms with Crippen molar-refractivity contribution < 1.29 is 14.3 Å². The Hall–Kier alpha value is -2.67. The monoisotopic (exact) mass is 400 g/mol. The van der Waals surface area contributed by atoms with Crippen LogP contribution in [0.4, 0.5) is 5.69 Å². The second-order valence-corrected chi connectivity index (χ2v) is 7.55. The SMILES string of the molecule is O=C(C1CC(=O)N(c2ccc(Cl)cc2)C1)N1CCCC(Oc2cccnn2)C1. The lowest BCUT2D eigenvalue weighted by Gasteiger charge is -2.34. The minimum atomic E-state index is -0.335. The lowest BCUT2D eigenvalue weighted by molar-refractivity contribution is -0.138. The van der Waals surface area contributed by atoms with Crippen LogP contribution in [0.15, 0.2) is 42.6 Å². The Kier molecular flexibility index (Phi) is 5.43. The highest BCUT2D eigenvalue weighted by atomic mass is 35.5. The molecule has 0 spiro atoms. The first-order chi connectivity index (χ1) is 13.6. The number of amides is 2. The summed E-state index contributed by atoms with van der Waals surface area (Å²) in [4.78, 5) is 28.9. The number of likely N-dealkylation sites (tertiary alicyclic amines) is 1. The van der Waals surface area contributed by atoms with E-state index in [0.717, 1.165) is 18.5 Å². The van der Waals surface area contributed by atoms with Gasteiger partial charge in [-0.15, -0.1) is 5.10 Å². The molecule has 8 heteroatoms. The van der Waals surface area contributed by atoms with E-state index in [-0.39, 0.29) is 30.3 Å². The molecule has 2 aliphatic heterocycles. The summed E-state index contributed by atoms with van der Waals surface area (Å²) in [6, 6.07) is 10.6. The maximum Gasteiger partial charge on any atom is 0.233 e. The summed E-state index contributed by atoms with van der Waals surface area (Å²) >= 11 is 5.92. The number of carbonyl (C=O) groups is 2. The van der Waals surface area contributed by atoms with Crippen molar-refractivity contribution in [2.45, 2.75) is 25.4 Å². The number of anilines is 1. The Morgan fingerprint density at radius 2 is 2.00 bits per heavy atom. The third kappa shape index (κ3) is 4.09. The summed E-state index contributed by atoms with van der Waals surface area (Å²) < 4.78 is 5.86. The zero-order valence-electron chi connectivity index (χ0n) is 15.3. The van der Waals surface area contributed by atoms with E-state index in [1.807, 2.05) is 4.90 Å². The maximum absolute atomic E-state index is 13.0. The molecule has 1 aromatic carbocycles. The predicted octanol–water partition coefficient (Wildman–Crippen LogP) is 2.55. The molecule has 0 saturated carbocycles. The van der Waals surface area contributed by atoms with Gasteiger partial charge in [-0.1, -0.05) is 11.6 Å². The minimum Gasteiger partial charge on any atom is -0.471 e. The van der Waals surface area contributed by atoms with E-state index in [1.165, 1.54) is 0 Å². The van der Waals surface area contributed by atoms with E-state index < -0.39 is 0 Å². The average molecular weight is 401 g/mol. The summed E-state index contributed by atoms with van der Waals surface area (Å²) in [6.45, 7) is 1.58. The standard InChI is InChI=1S/C20H21ClN4O3/c21-15-5-7-16(8-6-15)25-12-14(11-19(25)26)20(27)24-10-2-3-17(13-24)28-18-4-1-9-22-23-18/h1,4-9,14,17H,2-3,10-13H2. The summed E-state index contributed by atoms with van der Waals surface area (Å²) in [5.74, 6) is 0.104. The normalized spacial score (nSPS) is 22.4. The van der Waals surface area contributed by atoms with Crippen LogP contribution >= 0.6 is 11.6 Å². The summed E-state index contributed by atoms with van der Waals surface area (Å²) in [5, 5.41) is 8.37. The first-order valence-corrected chi connectivity index (χ1v) is 9.77. The van der Waals surface area contributed by atoms with Crippen molar-refractivity contribution in [3.8, 4) is 5.88 Å². The smallest absolute Gasteiger partial charge is 0.233 e. The Bertz CT molecular complexity index is 846. The molecule has 2 fully saturated rings. The van der Waals surface area contributed by atoms with Gasteiger partial charge in [-0.05, 0) is 43.2 Å². The minimum absolute atomic E-state index is 0.0114. The maximum atomic E-state index is 13.0. The highest BCUT2D eigenvalue weighted by molar-refractivity contribution is 6.30. The van der Waals surface area contributed by atoms with Crippen LogP contribution in [0.1, 0.15) is 19.3 Å². The van der Waals surface area contributed by atoms with E-state index in [0.29, 0.717) is 30.5 Å². The number of hydrogen-bond acceptors (Lipinski definition) is 5. The molecule has 28 heavy (non-hydrogen) atoms. The van der Waals surface area contributed by atoms with Gasteiger partial charge in [0.2, 0.25) is 17.7 Å². The number of aromatic nitrogens is 2. The largest absolute Gasteiger partial charge is 0.471 e. The molecule has 0 radical (unpaired) electrons. The average Bonchev–Trinajstić information content (AvgIpc) is 3.10. The Balaban J connectivity index is 1.38. The topological polar surface area (TPSA) is 75.6 Å². The fourth-order valence-corrected chi connectivity index (χ4v) is 3.88. The van der Waals surface area contributed by atoms with E-state index in [4.69, 9.17) is 16.3 Å². The number of benzene rings is 1. The lowest BCUT2D eigenvalue weighted by atomic mass is 10.0. The molecular formula is C20H21ClN4O3. The Morgan fingerprint density at radius 3 is 2.75 bits per heavy atom. The fraction of sp³-hybridized carbons (Fsp3) is 0.400. The molecule has 4 rings (SSSR count). The van der Waals surface area contributed by atoms with Gasteiger partial charge in [0, 0.05) is 42.5 Å². The number of rotatable bonds is 4. The van der Waals surface area contributed by atoms with Crippen LogP contribution in [0.5, 0.6) is 5.88 Å². The van der Waals surface area contributed by atoms with Gasteiger partial charge in [-0.2, -0.15) is 5.10 Å². The molecule has 2 aliphatic rings.